The quantitative estimate of drug-likeness (QED) is 0.847. The van der Waals surface area contributed by atoms with Crippen LogP contribution in [0.25, 0.3) is 0 Å². The summed E-state index contributed by atoms with van der Waals surface area (Å²) in [5, 5.41) is -0.127. The minimum atomic E-state index is -3.45. The van der Waals surface area contributed by atoms with Crippen LogP contribution >= 0.6 is 11.6 Å². The first kappa shape index (κ1) is 15.5. The summed E-state index contributed by atoms with van der Waals surface area (Å²) in [6.07, 6.45) is 0. The Balaban J connectivity index is 3.41. The van der Waals surface area contributed by atoms with Crippen molar-refractivity contribution >= 4 is 21.6 Å². The molecule has 0 saturated carbocycles. The fourth-order valence-electron chi connectivity index (χ4n) is 2.25. The molecule has 0 aliphatic carbocycles. The predicted octanol–water partition coefficient (Wildman–Crippen LogP) is 2.96. The van der Waals surface area contributed by atoms with Gasteiger partial charge in [0.1, 0.15) is 0 Å². The van der Waals surface area contributed by atoms with E-state index in [1.165, 1.54) is 7.05 Å². The summed E-state index contributed by atoms with van der Waals surface area (Å²) in [5.41, 5.74) is 0.782. The Labute approximate surface area is 115 Å². The largest absolute Gasteiger partial charge is 0.240 e. The Morgan fingerprint density at radius 2 is 1.72 bits per heavy atom. The first-order chi connectivity index (χ1) is 8.31. The van der Waals surface area contributed by atoms with E-state index >= 15 is 0 Å². The average molecular weight is 290 g/mol. The molecule has 0 fully saturated rings. The van der Waals surface area contributed by atoms with Crippen molar-refractivity contribution in [1.29, 1.82) is 0 Å². The van der Waals surface area contributed by atoms with Gasteiger partial charge in [0.25, 0.3) is 0 Å². The molecule has 3 nitrogen and oxygen atoms in total. The summed E-state index contributed by atoms with van der Waals surface area (Å²) in [5.74, 6) is 0.275. The van der Waals surface area contributed by atoms with Gasteiger partial charge in [0, 0.05) is 11.3 Å². The van der Waals surface area contributed by atoms with E-state index in [-0.39, 0.29) is 17.2 Å². The van der Waals surface area contributed by atoms with Crippen LogP contribution in [0.5, 0.6) is 0 Å². The molecule has 2 atom stereocenters. The lowest BCUT2D eigenvalue weighted by Crippen LogP contribution is -2.24. The number of alkyl halides is 1. The molecule has 1 N–H and O–H groups in total. The van der Waals surface area contributed by atoms with Crippen molar-refractivity contribution in [3.05, 3.63) is 29.8 Å². The van der Waals surface area contributed by atoms with E-state index in [2.05, 4.69) is 4.72 Å². The molecule has 0 aliphatic heterocycles. The van der Waals surface area contributed by atoms with Crippen LogP contribution < -0.4 is 4.72 Å². The standard InChI is InChI=1S/C13H20ClNO2S/c1-9(2)13(10(3)14)11-7-5-6-8-12(11)18(16,17)15-4/h5-10,13,15H,1-4H3. The van der Waals surface area contributed by atoms with Crippen LogP contribution in [-0.4, -0.2) is 20.8 Å². The highest BCUT2D eigenvalue weighted by atomic mass is 35.5. The Morgan fingerprint density at radius 3 is 2.17 bits per heavy atom. The molecule has 1 aromatic carbocycles. The van der Waals surface area contributed by atoms with E-state index in [0.29, 0.717) is 4.90 Å². The van der Waals surface area contributed by atoms with E-state index in [9.17, 15) is 8.42 Å². The van der Waals surface area contributed by atoms with Gasteiger partial charge in [-0.05, 0) is 31.5 Å². The lowest BCUT2D eigenvalue weighted by atomic mass is 9.86. The number of nitrogens with one attached hydrogen (secondary N) is 1. The Hall–Kier alpha value is -0.580. The van der Waals surface area contributed by atoms with Crippen molar-refractivity contribution in [3.63, 3.8) is 0 Å². The van der Waals surface area contributed by atoms with Gasteiger partial charge in [0.15, 0.2) is 0 Å². The minimum absolute atomic E-state index is 0.00555. The maximum absolute atomic E-state index is 12.0. The van der Waals surface area contributed by atoms with Gasteiger partial charge in [-0.25, -0.2) is 13.1 Å². The molecule has 0 bridgehead atoms. The Kier molecular flexibility index (Phi) is 5.20. The second-order valence-corrected chi connectivity index (χ2v) is 7.24. The topological polar surface area (TPSA) is 46.2 Å². The maximum atomic E-state index is 12.0. The van der Waals surface area contributed by atoms with Crippen LogP contribution in [0.15, 0.2) is 29.2 Å². The lowest BCUT2D eigenvalue weighted by Gasteiger charge is -2.25. The monoisotopic (exact) mass is 289 g/mol. The highest BCUT2D eigenvalue weighted by Gasteiger charge is 2.27. The summed E-state index contributed by atoms with van der Waals surface area (Å²) in [4.78, 5) is 0.318. The first-order valence-electron chi connectivity index (χ1n) is 5.97. The molecular weight excluding hydrogens is 270 g/mol. The molecule has 0 radical (unpaired) electrons. The smallest absolute Gasteiger partial charge is 0.214 e. The van der Waals surface area contributed by atoms with Gasteiger partial charge in [-0.1, -0.05) is 32.0 Å². The van der Waals surface area contributed by atoms with Gasteiger partial charge in [-0.2, -0.15) is 0 Å². The second-order valence-electron chi connectivity index (χ2n) is 4.69. The van der Waals surface area contributed by atoms with Crippen LogP contribution in [0.2, 0.25) is 0 Å². The van der Waals surface area contributed by atoms with Crippen molar-refractivity contribution < 1.29 is 8.42 Å². The van der Waals surface area contributed by atoms with Crippen LogP contribution in [0.3, 0.4) is 0 Å². The third kappa shape index (κ3) is 3.25. The van der Waals surface area contributed by atoms with Crippen molar-refractivity contribution in [2.24, 2.45) is 5.92 Å². The summed E-state index contributed by atoms with van der Waals surface area (Å²) >= 11 is 6.22. The SMILES string of the molecule is CNS(=O)(=O)c1ccccc1C(C(C)C)C(C)Cl. The minimum Gasteiger partial charge on any atom is -0.214 e. The van der Waals surface area contributed by atoms with Gasteiger partial charge in [0.2, 0.25) is 10.0 Å². The molecule has 0 aliphatic rings. The van der Waals surface area contributed by atoms with Gasteiger partial charge in [-0.15, -0.1) is 11.6 Å². The van der Waals surface area contributed by atoms with E-state index in [1.54, 1.807) is 12.1 Å². The van der Waals surface area contributed by atoms with Crippen molar-refractivity contribution in [2.75, 3.05) is 7.05 Å². The first-order valence-corrected chi connectivity index (χ1v) is 7.89. The zero-order chi connectivity index (χ0) is 13.9. The number of hydrogen-bond donors (Lipinski definition) is 1. The highest BCUT2D eigenvalue weighted by molar-refractivity contribution is 7.89. The highest BCUT2D eigenvalue weighted by Crippen LogP contribution is 2.34. The third-order valence-corrected chi connectivity index (χ3v) is 4.81. The molecule has 18 heavy (non-hydrogen) atoms. The van der Waals surface area contributed by atoms with Crippen LogP contribution in [-0.2, 0) is 10.0 Å². The summed E-state index contributed by atoms with van der Waals surface area (Å²) < 4.78 is 26.4. The summed E-state index contributed by atoms with van der Waals surface area (Å²) in [6.45, 7) is 5.99. The molecule has 1 rings (SSSR count). The van der Waals surface area contributed by atoms with Gasteiger partial charge >= 0.3 is 0 Å². The van der Waals surface area contributed by atoms with Crippen LogP contribution in [0.4, 0.5) is 0 Å². The molecule has 2 unspecified atom stereocenters. The predicted molar refractivity (Wildman–Crippen MR) is 75.6 cm³/mol. The maximum Gasteiger partial charge on any atom is 0.240 e. The third-order valence-electron chi connectivity index (χ3n) is 3.05. The zero-order valence-corrected chi connectivity index (χ0v) is 12.7. The number of halogens is 1. The number of hydrogen-bond acceptors (Lipinski definition) is 2. The molecule has 102 valence electrons. The normalized spacial score (nSPS) is 15.7. The molecule has 0 saturated heterocycles. The van der Waals surface area contributed by atoms with E-state index in [1.807, 2.05) is 32.9 Å². The Bertz CT molecular complexity index is 489. The Morgan fingerprint density at radius 1 is 1.17 bits per heavy atom. The molecule has 0 amide bonds. The zero-order valence-electron chi connectivity index (χ0n) is 11.1. The fourth-order valence-corrected chi connectivity index (χ4v) is 3.67. The second kappa shape index (κ2) is 6.04. The van der Waals surface area contributed by atoms with Crippen LogP contribution in [0, 0.1) is 5.92 Å². The molecule has 0 aromatic heterocycles. The van der Waals surface area contributed by atoms with Gasteiger partial charge in [0.05, 0.1) is 4.90 Å². The van der Waals surface area contributed by atoms with Gasteiger partial charge < -0.3 is 0 Å². The molecule has 5 heteroatoms. The average Bonchev–Trinajstić information content (AvgIpc) is 2.28. The van der Waals surface area contributed by atoms with E-state index in [4.69, 9.17) is 11.6 Å². The van der Waals surface area contributed by atoms with E-state index in [0.717, 1.165) is 5.56 Å². The molecule has 0 heterocycles. The number of rotatable bonds is 5. The van der Waals surface area contributed by atoms with Crippen molar-refractivity contribution in [1.82, 2.24) is 4.72 Å². The number of benzene rings is 1. The van der Waals surface area contributed by atoms with Crippen molar-refractivity contribution in [2.45, 2.75) is 37.0 Å². The molecular formula is C13H20ClNO2S. The lowest BCUT2D eigenvalue weighted by molar-refractivity contribution is 0.482. The van der Waals surface area contributed by atoms with E-state index < -0.39 is 10.0 Å². The van der Waals surface area contributed by atoms with Crippen LogP contribution in [0.1, 0.15) is 32.3 Å². The summed E-state index contributed by atoms with van der Waals surface area (Å²) in [7, 11) is -2.03. The molecule has 0 spiro atoms. The van der Waals surface area contributed by atoms with Gasteiger partial charge in [-0.3, -0.25) is 0 Å². The summed E-state index contributed by atoms with van der Waals surface area (Å²) in [6, 6.07) is 7.03. The van der Waals surface area contributed by atoms with Crippen molar-refractivity contribution in [3.8, 4) is 0 Å². The fraction of sp³-hybridized carbons (Fsp3) is 0.538. The molecule has 1 aromatic rings. The number of sulfonamides is 1.